The molecule has 2 aromatic rings. The van der Waals surface area contributed by atoms with E-state index in [0.29, 0.717) is 5.02 Å². The summed E-state index contributed by atoms with van der Waals surface area (Å²) < 4.78 is 0. The van der Waals surface area contributed by atoms with Crippen molar-refractivity contribution in [1.29, 1.82) is 0 Å². The molecular weight excluding hydrogens is 205 g/mol. The van der Waals surface area contributed by atoms with E-state index in [4.69, 9.17) is 23.2 Å². The third-order valence-corrected chi connectivity index (χ3v) is 2.38. The fraction of sp³-hybridized carbons (Fsp3) is 0. The Bertz CT molecular complexity index is 420. The summed E-state index contributed by atoms with van der Waals surface area (Å²) in [5, 5.41) is 1.43. The van der Waals surface area contributed by atoms with E-state index in [9.17, 15) is 0 Å². The molecule has 2 rings (SSSR count). The molecule has 1 heterocycles. The molecule has 1 aromatic heterocycles. The van der Waals surface area contributed by atoms with E-state index >= 15 is 0 Å². The highest BCUT2D eigenvalue weighted by Gasteiger charge is 2.03. The highest BCUT2D eigenvalue weighted by atomic mass is 35.5. The molecule has 0 aliphatic carbocycles. The molecule has 13 heavy (non-hydrogen) atoms. The van der Waals surface area contributed by atoms with Gasteiger partial charge < -0.3 is 4.98 Å². The van der Waals surface area contributed by atoms with Crippen LogP contribution in [0.1, 0.15) is 0 Å². The number of aromatic amines is 1. The highest BCUT2D eigenvalue weighted by Crippen LogP contribution is 2.28. The first kappa shape index (κ1) is 8.67. The van der Waals surface area contributed by atoms with E-state index in [1.165, 1.54) is 0 Å². The predicted octanol–water partition coefficient (Wildman–Crippen LogP) is 3.99. The molecule has 1 nitrogen and oxygen atoms in total. The van der Waals surface area contributed by atoms with Gasteiger partial charge in [0, 0.05) is 23.0 Å². The van der Waals surface area contributed by atoms with Gasteiger partial charge in [0.25, 0.3) is 0 Å². The zero-order valence-corrected chi connectivity index (χ0v) is 8.23. The minimum Gasteiger partial charge on any atom is -0.366 e. The van der Waals surface area contributed by atoms with E-state index in [-0.39, 0.29) is 0 Å². The molecule has 0 fully saturated rings. The summed E-state index contributed by atoms with van der Waals surface area (Å²) in [5.41, 5.74) is 2.00. The molecule has 0 radical (unpaired) electrons. The van der Waals surface area contributed by atoms with Crippen molar-refractivity contribution < 1.29 is 0 Å². The number of halogens is 2. The van der Waals surface area contributed by atoms with Crippen LogP contribution in [0.4, 0.5) is 0 Å². The van der Waals surface area contributed by atoms with Crippen LogP contribution >= 0.6 is 23.2 Å². The van der Waals surface area contributed by atoms with Crippen LogP contribution in [0.25, 0.3) is 11.1 Å². The maximum atomic E-state index is 5.95. The Morgan fingerprint density at radius 3 is 2.54 bits per heavy atom. The van der Waals surface area contributed by atoms with Gasteiger partial charge in [-0.2, -0.15) is 0 Å². The van der Waals surface area contributed by atoms with Gasteiger partial charge in [0.05, 0.1) is 5.02 Å². The van der Waals surface area contributed by atoms with Crippen LogP contribution in [-0.4, -0.2) is 4.98 Å². The Kier molecular flexibility index (Phi) is 2.30. The summed E-state index contributed by atoms with van der Waals surface area (Å²) in [6.07, 6.45) is 3.60. The topological polar surface area (TPSA) is 15.8 Å². The number of nitrogens with one attached hydrogen (secondary N) is 1. The fourth-order valence-corrected chi connectivity index (χ4v) is 1.64. The summed E-state index contributed by atoms with van der Waals surface area (Å²) in [6.45, 7) is 0. The SMILES string of the molecule is Clc1cccc(-c2c[nH]cc2Cl)c1. The van der Waals surface area contributed by atoms with Crippen molar-refractivity contribution in [3.05, 3.63) is 46.7 Å². The Morgan fingerprint density at radius 2 is 1.92 bits per heavy atom. The van der Waals surface area contributed by atoms with Crippen molar-refractivity contribution in [3.8, 4) is 11.1 Å². The molecule has 0 saturated carbocycles. The van der Waals surface area contributed by atoms with Crippen molar-refractivity contribution in [2.75, 3.05) is 0 Å². The lowest BCUT2D eigenvalue weighted by Gasteiger charge is -1.98. The van der Waals surface area contributed by atoms with Crippen molar-refractivity contribution in [2.24, 2.45) is 0 Å². The van der Waals surface area contributed by atoms with Gasteiger partial charge in [-0.1, -0.05) is 35.3 Å². The first-order chi connectivity index (χ1) is 6.27. The second kappa shape index (κ2) is 3.44. The maximum Gasteiger partial charge on any atom is 0.0658 e. The van der Waals surface area contributed by atoms with Crippen LogP contribution in [0.5, 0.6) is 0 Å². The molecule has 0 aliphatic heterocycles. The molecule has 0 amide bonds. The van der Waals surface area contributed by atoms with E-state index in [2.05, 4.69) is 4.98 Å². The molecule has 0 unspecified atom stereocenters. The second-order valence-electron chi connectivity index (χ2n) is 2.73. The van der Waals surface area contributed by atoms with Crippen LogP contribution in [0.2, 0.25) is 10.0 Å². The molecule has 0 spiro atoms. The number of benzene rings is 1. The summed E-state index contributed by atoms with van der Waals surface area (Å²) in [6, 6.07) is 7.60. The number of hydrogen-bond acceptors (Lipinski definition) is 0. The van der Waals surface area contributed by atoms with Crippen molar-refractivity contribution in [1.82, 2.24) is 4.98 Å². The Balaban J connectivity index is 2.53. The zero-order chi connectivity index (χ0) is 9.26. The van der Waals surface area contributed by atoms with Gasteiger partial charge in [0.15, 0.2) is 0 Å². The Labute approximate surface area is 86.3 Å². The molecule has 0 atom stereocenters. The van der Waals surface area contributed by atoms with Crippen LogP contribution in [0.15, 0.2) is 36.7 Å². The van der Waals surface area contributed by atoms with E-state index in [1.54, 1.807) is 6.20 Å². The van der Waals surface area contributed by atoms with Crippen LogP contribution in [0.3, 0.4) is 0 Å². The summed E-state index contributed by atoms with van der Waals surface area (Å²) in [4.78, 5) is 2.94. The zero-order valence-electron chi connectivity index (χ0n) is 6.72. The largest absolute Gasteiger partial charge is 0.366 e. The van der Waals surface area contributed by atoms with Gasteiger partial charge in [-0.05, 0) is 17.7 Å². The van der Waals surface area contributed by atoms with Crippen LogP contribution in [0, 0.1) is 0 Å². The first-order valence-electron chi connectivity index (χ1n) is 3.85. The van der Waals surface area contributed by atoms with Crippen molar-refractivity contribution in [3.63, 3.8) is 0 Å². The molecule has 0 bridgehead atoms. The Hall–Kier alpha value is -0.920. The average Bonchev–Trinajstić information content (AvgIpc) is 2.51. The van der Waals surface area contributed by atoms with E-state index in [0.717, 1.165) is 16.1 Å². The normalized spacial score (nSPS) is 10.3. The fourth-order valence-electron chi connectivity index (χ4n) is 1.22. The third-order valence-electron chi connectivity index (χ3n) is 1.83. The van der Waals surface area contributed by atoms with Crippen molar-refractivity contribution >= 4 is 23.2 Å². The monoisotopic (exact) mass is 211 g/mol. The molecule has 66 valence electrons. The third kappa shape index (κ3) is 1.71. The average molecular weight is 212 g/mol. The van der Waals surface area contributed by atoms with Gasteiger partial charge in [-0.15, -0.1) is 0 Å². The quantitative estimate of drug-likeness (QED) is 0.735. The lowest BCUT2D eigenvalue weighted by molar-refractivity contribution is 1.41. The molecular formula is C10H7Cl2N. The summed E-state index contributed by atoms with van der Waals surface area (Å²) in [7, 11) is 0. The molecule has 3 heteroatoms. The van der Waals surface area contributed by atoms with E-state index < -0.39 is 0 Å². The van der Waals surface area contributed by atoms with Gasteiger partial charge >= 0.3 is 0 Å². The van der Waals surface area contributed by atoms with Gasteiger partial charge in [0.1, 0.15) is 0 Å². The predicted molar refractivity (Wildman–Crippen MR) is 56.2 cm³/mol. The minimum absolute atomic E-state index is 0.710. The number of aromatic nitrogens is 1. The minimum atomic E-state index is 0.710. The number of H-pyrrole nitrogens is 1. The lowest BCUT2D eigenvalue weighted by atomic mass is 10.1. The van der Waals surface area contributed by atoms with Gasteiger partial charge in [-0.3, -0.25) is 0 Å². The lowest BCUT2D eigenvalue weighted by Crippen LogP contribution is -1.73. The van der Waals surface area contributed by atoms with Gasteiger partial charge in [0.2, 0.25) is 0 Å². The Morgan fingerprint density at radius 1 is 1.08 bits per heavy atom. The smallest absolute Gasteiger partial charge is 0.0658 e. The standard InChI is InChI=1S/C10H7Cl2N/c11-8-3-1-2-7(4-8)9-5-13-6-10(9)12/h1-6,13H. The highest BCUT2D eigenvalue weighted by molar-refractivity contribution is 6.33. The molecule has 1 aromatic carbocycles. The van der Waals surface area contributed by atoms with E-state index in [1.807, 2.05) is 30.5 Å². The maximum absolute atomic E-state index is 5.95. The number of hydrogen-bond donors (Lipinski definition) is 1. The summed E-state index contributed by atoms with van der Waals surface area (Å²) >= 11 is 11.8. The summed E-state index contributed by atoms with van der Waals surface area (Å²) in [5.74, 6) is 0. The molecule has 0 aliphatic rings. The first-order valence-corrected chi connectivity index (χ1v) is 4.61. The van der Waals surface area contributed by atoms with Crippen LogP contribution < -0.4 is 0 Å². The van der Waals surface area contributed by atoms with Crippen molar-refractivity contribution in [2.45, 2.75) is 0 Å². The molecule has 0 saturated heterocycles. The number of rotatable bonds is 1. The van der Waals surface area contributed by atoms with Crippen LogP contribution in [-0.2, 0) is 0 Å². The molecule has 1 N–H and O–H groups in total. The van der Waals surface area contributed by atoms with Gasteiger partial charge in [-0.25, -0.2) is 0 Å². The second-order valence-corrected chi connectivity index (χ2v) is 3.57.